The van der Waals surface area contributed by atoms with Gasteiger partial charge in [-0.05, 0) is 29.6 Å². The number of β-lactam (4-membered cyclic amide) rings is 1. The van der Waals surface area contributed by atoms with Crippen LogP contribution in [0.2, 0.25) is 0 Å². The number of aromatic nitrogens is 1. The Morgan fingerprint density at radius 1 is 1.21 bits per heavy atom. The number of nitrogens with one attached hydrogen (secondary N) is 1. The smallest absolute Gasteiger partial charge is 0.353 e. The molecule has 2 atom stereocenters. The van der Waals surface area contributed by atoms with Crippen molar-refractivity contribution in [3.63, 3.8) is 0 Å². The van der Waals surface area contributed by atoms with Crippen LogP contribution in [-0.4, -0.2) is 49.9 Å². The van der Waals surface area contributed by atoms with Crippen LogP contribution >= 0.6 is 34.4 Å². The second-order valence-corrected chi connectivity index (χ2v) is 10.4. The lowest BCUT2D eigenvalue weighted by Gasteiger charge is -2.52. The Labute approximate surface area is 201 Å². The molecule has 1 aromatic carbocycles. The number of para-hydroxylation sites is 1. The van der Waals surface area contributed by atoms with Gasteiger partial charge in [0.15, 0.2) is 5.13 Å². The zero-order valence-electron chi connectivity index (χ0n) is 17.3. The number of hydrogen-bond acceptors (Lipinski definition) is 8. The number of thiazole rings is 1. The van der Waals surface area contributed by atoms with E-state index in [0.29, 0.717) is 26.3 Å². The minimum Gasteiger partial charge on any atom is -0.477 e. The molecule has 0 radical (unpaired) electrons. The lowest BCUT2D eigenvalue weighted by atomic mass is 10.0. The second kappa shape index (κ2) is 8.65. The van der Waals surface area contributed by atoms with Crippen molar-refractivity contribution in [2.24, 2.45) is 0 Å². The molecule has 2 unspecified atom stereocenters. The molecule has 33 heavy (non-hydrogen) atoms. The largest absolute Gasteiger partial charge is 0.477 e. The number of amides is 2. The number of thioether (sulfide) groups is 1. The molecule has 0 spiro atoms. The van der Waals surface area contributed by atoms with Gasteiger partial charge in [0.05, 0.1) is 9.88 Å². The highest BCUT2D eigenvalue weighted by molar-refractivity contribution is 8.00. The second-order valence-electron chi connectivity index (χ2n) is 7.35. The fourth-order valence-corrected chi connectivity index (χ4v) is 7.09. The summed E-state index contributed by atoms with van der Waals surface area (Å²) in [4.78, 5) is 45.6. The van der Waals surface area contributed by atoms with E-state index in [2.05, 4.69) is 10.3 Å². The molecule has 1 saturated heterocycles. The molecule has 2 amide bonds. The predicted octanol–water partition coefficient (Wildman–Crippen LogP) is 4.08. The summed E-state index contributed by atoms with van der Waals surface area (Å²) in [6, 6.07) is 12.4. The molecule has 2 aromatic heterocycles. The maximum Gasteiger partial charge on any atom is 0.353 e. The standard InChI is InChI=1S/C22H18N4O4S3/c1-12(27)25(16-8-5-9-31-16)18-19(28)26-17(21(29)30)14(11-32-20(18)26)15-10-23-22(33-15)24-13-6-3-2-4-7-13/h2-10,18,20H,11H2,1H3,(H,23,24)(H,29,30). The molecular formula is C22H18N4O4S3. The Balaban J connectivity index is 1.45. The van der Waals surface area contributed by atoms with Crippen molar-refractivity contribution in [2.45, 2.75) is 18.3 Å². The van der Waals surface area contributed by atoms with Crippen LogP contribution in [0.15, 0.2) is 59.7 Å². The van der Waals surface area contributed by atoms with Gasteiger partial charge in [-0.3, -0.25) is 19.4 Å². The van der Waals surface area contributed by atoms with Crippen molar-refractivity contribution in [1.82, 2.24) is 9.88 Å². The topological polar surface area (TPSA) is 103 Å². The molecule has 0 saturated carbocycles. The molecule has 168 valence electrons. The van der Waals surface area contributed by atoms with Gasteiger partial charge in [-0.25, -0.2) is 9.78 Å². The van der Waals surface area contributed by atoms with Gasteiger partial charge in [-0.15, -0.1) is 23.1 Å². The third-order valence-corrected chi connectivity index (χ3v) is 8.44. The zero-order valence-corrected chi connectivity index (χ0v) is 19.7. The van der Waals surface area contributed by atoms with Crippen molar-refractivity contribution in [3.8, 4) is 0 Å². The summed E-state index contributed by atoms with van der Waals surface area (Å²) in [5.41, 5.74) is 1.40. The number of anilines is 3. The molecule has 1 fully saturated rings. The normalized spacial score (nSPS) is 19.7. The first-order valence-electron chi connectivity index (χ1n) is 9.98. The maximum atomic E-state index is 13.2. The van der Waals surface area contributed by atoms with Crippen LogP contribution in [0.3, 0.4) is 0 Å². The minimum absolute atomic E-state index is 0.0374. The molecule has 0 bridgehead atoms. The van der Waals surface area contributed by atoms with Crippen LogP contribution in [0.1, 0.15) is 11.8 Å². The Bertz CT molecular complexity index is 1260. The van der Waals surface area contributed by atoms with Gasteiger partial charge < -0.3 is 10.4 Å². The summed E-state index contributed by atoms with van der Waals surface area (Å²) >= 11 is 4.16. The molecule has 2 aliphatic heterocycles. The van der Waals surface area contributed by atoms with E-state index >= 15 is 0 Å². The summed E-state index contributed by atoms with van der Waals surface area (Å²) in [5.74, 6) is -1.41. The molecule has 4 heterocycles. The highest BCUT2D eigenvalue weighted by atomic mass is 32.2. The van der Waals surface area contributed by atoms with E-state index < -0.39 is 23.3 Å². The number of carbonyl (C=O) groups excluding carboxylic acids is 2. The first-order chi connectivity index (χ1) is 16.0. The third-order valence-electron chi connectivity index (χ3n) is 5.33. The highest BCUT2D eigenvalue weighted by Gasteiger charge is 2.57. The third kappa shape index (κ3) is 3.81. The average Bonchev–Trinajstić information content (AvgIpc) is 3.49. The van der Waals surface area contributed by atoms with Crippen LogP contribution in [0, 0.1) is 0 Å². The van der Waals surface area contributed by atoms with E-state index in [1.807, 2.05) is 41.8 Å². The van der Waals surface area contributed by atoms with E-state index in [0.717, 1.165) is 5.69 Å². The highest BCUT2D eigenvalue weighted by Crippen LogP contribution is 2.47. The van der Waals surface area contributed by atoms with Gasteiger partial charge in [-0.2, -0.15) is 0 Å². The van der Waals surface area contributed by atoms with Crippen LogP contribution in [0.5, 0.6) is 0 Å². The molecule has 11 heteroatoms. The number of benzene rings is 1. The van der Waals surface area contributed by atoms with E-state index in [-0.39, 0.29) is 11.6 Å². The van der Waals surface area contributed by atoms with Crippen molar-refractivity contribution in [1.29, 1.82) is 0 Å². The van der Waals surface area contributed by atoms with Gasteiger partial charge in [0.25, 0.3) is 5.91 Å². The van der Waals surface area contributed by atoms with Gasteiger partial charge in [-0.1, -0.05) is 29.5 Å². The fraction of sp³-hybridized carbons (Fsp3) is 0.182. The van der Waals surface area contributed by atoms with Gasteiger partial charge in [0.1, 0.15) is 17.1 Å². The number of aliphatic carboxylic acids is 1. The van der Waals surface area contributed by atoms with E-state index in [1.54, 1.807) is 12.3 Å². The first kappa shape index (κ1) is 21.7. The summed E-state index contributed by atoms with van der Waals surface area (Å²) < 4.78 is 0. The molecule has 3 aromatic rings. The number of thiophene rings is 1. The van der Waals surface area contributed by atoms with E-state index in [9.17, 15) is 19.5 Å². The van der Waals surface area contributed by atoms with Crippen molar-refractivity contribution >= 4 is 73.6 Å². The number of rotatable bonds is 6. The molecule has 2 aliphatic rings. The summed E-state index contributed by atoms with van der Waals surface area (Å²) in [7, 11) is 0. The maximum absolute atomic E-state index is 13.2. The molecule has 8 nitrogen and oxygen atoms in total. The van der Waals surface area contributed by atoms with Crippen molar-refractivity contribution in [2.75, 3.05) is 16.0 Å². The van der Waals surface area contributed by atoms with Crippen molar-refractivity contribution < 1.29 is 19.5 Å². The van der Waals surface area contributed by atoms with E-state index in [1.165, 1.54) is 51.2 Å². The number of carboxylic acid groups (broad SMARTS) is 1. The van der Waals surface area contributed by atoms with Gasteiger partial charge >= 0.3 is 5.97 Å². The first-order valence-corrected chi connectivity index (χ1v) is 12.7. The van der Waals surface area contributed by atoms with Gasteiger partial charge in [0, 0.05) is 30.1 Å². The number of carbonyl (C=O) groups is 3. The molecule has 5 rings (SSSR count). The van der Waals surface area contributed by atoms with Crippen LogP contribution < -0.4 is 10.2 Å². The SMILES string of the molecule is CC(=O)N(c1cccs1)C1C(=O)N2C(C(=O)O)=C(c3cnc(Nc4ccccc4)s3)CSC12. The molecule has 2 N–H and O–H groups in total. The predicted molar refractivity (Wildman–Crippen MR) is 131 cm³/mol. The lowest BCUT2D eigenvalue weighted by molar-refractivity contribution is -0.148. The van der Waals surface area contributed by atoms with Gasteiger partial charge in [0.2, 0.25) is 5.91 Å². The quantitative estimate of drug-likeness (QED) is 0.494. The average molecular weight is 499 g/mol. The van der Waals surface area contributed by atoms with Crippen LogP contribution in [-0.2, 0) is 14.4 Å². The molecular weight excluding hydrogens is 480 g/mol. The zero-order chi connectivity index (χ0) is 23.1. The number of fused-ring (bicyclic) bond motifs is 1. The molecule has 0 aliphatic carbocycles. The monoisotopic (exact) mass is 498 g/mol. The fourth-order valence-electron chi connectivity index (χ4n) is 3.90. The number of hydrogen-bond donors (Lipinski definition) is 2. The number of nitrogens with zero attached hydrogens (tertiary/aromatic N) is 3. The lowest BCUT2D eigenvalue weighted by Crippen LogP contribution is -2.71. The van der Waals surface area contributed by atoms with Crippen LogP contribution in [0.25, 0.3) is 5.57 Å². The summed E-state index contributed by atoms with van der Waals surface area (Å²) in [6.45, 7) is 1.42. The summed E-state index contributed by atoms with van der Waals surface area (Å²) in [6.07, 6.45) is 1.63. The Morgan fingerprint density at radius 3 is 2.67 bits per heavy atom. The Hall–Kier alpha value is -3.15. The van der Waals surface area contributed by atoms with Crippen LogP contribution in [0.4, 0.5) is 15.8 Å². The number of carboxylic acids is 1. The Morgan fingerprint density at radius 2 is 2.00 bits per heavy atom. The summed E-state index contributed by atoms with van der Waals surface area (Å²) in [5, 5.41) is 15.9. The Kier molecular flexibility index (Phi) is 5.69. The van der Waals surface area contributed by atoms with E-state index in [4.69, 9.17) is 0 Å². The van der Waals surface area contributed by atoms with Crippen molar-refractivity contribution in [3.05, 3.63) is 64.6 Å². The minimum atomic E-state index is -1.17.